The Morgan fingerprint density at radius 2 is 1.93 bits per heavy atom. The zero-order valence-electron chi connectivity index (χ0n) is 9.59. The Hall–Kier alpha value is -0.843. The molecule has 0 aliphatic rings. The van der Waals surface area contributed by atoms with Crippen molar-refractivity contribution < 1.29 is 14.1 Å². The summed E-state index contributed by atoms with van der Waals surface area (Å²) in [5.41, 5.74) is 0.373. The average Bonchev–Trinajstić information content (AvgIpc) is 2.01. The van der Waals surface area contributed by atoms with Crippen molar-refractivity contribution in [1.82, 2.24) is 0 Å². The highest BCUT2D eigenvalue weighted by Crippen LogP contribution is 2.06. The molecule has 4 nitrogen and oxygen atoms in total. The molecule has 0 radical (unpaired) electrons. The summed E-state index contributed by atoms with van der Waals surface area (Å²) < 4.78 is 5.29. The summed E-state index contributed by atoms with van der Waals surface area (Å²) >= 11 is 0. The zero-order chi connectivity index (χ0) is 11.2. The maximum atomic E-state index is 11.5. The van der Waals surface area contributed by atoms with Gasteiger partial charge in [-0.1, -0.05) is 18.5 Å². The van der Waals surface area contributed by atoms with Crippen LogP contribution in [0, 0.1) is 0 Å². The Morgan fingerprint density at radius 3 is 2.29 bits per heavy atom. The Balaban J connectivity index is 4.38. The monoisotopic (exact) mass is 217 g/mol. The van der Waals surface area contributed by atoms with Gasteiger partial charge in [-0.3, -0.25) is 0 Å². The van der Waals surface area contributed by atoms with Crippen molar-refractivity contribution in [3.63, 3.8) is 0 Å². The predicted octanol–water partition coefficient (Wildman–Crippen LogP) is 2.17. The molecule has 82 valence electrons. The molecule has 0 aliphatic heterocycles. The first-order chi connectivity index (χ1) is 6.40. The van der Waals surface area contributed by atoms with Crippen LogP contribution in [0.1, 0.15) is 19.8 Å². The molecule has 0 aliphatic carbocycles. The highest BCUT2D eigenvalue weighted by atomic mass is 28.4. The van der Waals surface area contributed by atoms with Gasteiger partial charge in [-0.05, 0) is 19.6 Å². The van der Waals surface area contributed by atoms with E-state index in [4.69, 9.17) is 4.43 Å². The van der Waals surface area contributed by atoms with Crippen LogP contribution in [-0.2, 0) is 14.1 Å². The molecule has 0 spiro atoms. The van der Waals surface area contributed by atoms with Crippen LogP contribution in [0.15, 0.2) is 5.16 Å². The van der Waals surface area contributed by atoms with Crippen molar-refractivity contribution in [2.45, 2.75) is 39.4 Å². The van der Waals surface area contributed by atoms with Crippen LogP contribution >= 0.6 is 0 Å². The van der Waals surface area contributed by atoms with Crippen molar-refractivity contribution in [1.29, 1.82) is 0 Å². The van der Waals surface area contributed by atoms with E-state index in [-0.39, 0.29) is 5.97 Å². The standard InChI is InChI=1S/C9H19NO3Si/c1-6-7-8(10-12-2)9(11)13-14(3,4)5/h6-7H2,1-5H3/b10-8-. The number of oxime groups is 1. The van der Waals surface area contributed by atoms with Gasteiger partial charge < -0.3 is 9.26 Å². The van der Waals surface area contributed by atoms with Gasteiger partial charge in [-0.25, -0.2) is 4.79 Å². The Kier molecular flexibility index (Phi) is 5.45. The van der Waals surface area contributed by atoms with E-state index in [0.29, 0.717) is 12.1 Å². The molecule has 0 aromatic rings. The van der Waals surface area contributed by atoms with E-state index in [1.54, 1.807) is 0 Å². The molecule has 0 aromatic heterocycles. The first-order valence-corrected chi connectivity index (χ1v) is 8.15. The van der Waals surface area contributed by atoms with Crippen molar-refractivity contribution in [3.8, 4) is 0 Å². The number of nitrogens with zero attached hydrogens (tertiary/aromatic N) is 1. The van der Waals surface area contributed by atoms with Crippen molar-refractivity contribution in [2.75, 3.05) is 7.11 Å². The smallest absolute Gasteiger partial charge is 0.342 e. The van der Waals surface area contributed by atoms with E-state index < -0.39 is 8.32 Å². The summed E-state index contributed by atoms with van der Waals surface area (Å²) in [5.74, 6) is -0.340. The van der Waals surface area contributed by atoms with E-state index in [0.717, 1.165) is 6.42 Å². The zero-order valence-corrected chi connectivity index (χ0v) is 10.6. The minimum atomic E-state index is -1.83. The fourth-order valence-electron chi connectivity index (χ4n) is 0.869. The Bertz CT molecular complexity index is 221. The molecule has 0 saturated carbocycles. The van der Waals surface area contributed by atoms with E-state index in [9.17, 15) is 4.79 Å². The second kappa shape index (κ2) is 5.80. The third-order valence-electron chi connectivity index (χ3n) is 1.32. The molecular weight excluding hydrogens is 198 g/mol. The maximum Gasteiger partial charge on any atom is 0.342 e. The van der Waals surface area contributed by atoms with Crippen LogP contribution in [0.3, 0.4) is 0 Å². The molecule has 0 aromatic carbocycles. The Morgan fingerprint density at radius 1 is 1.36 bits per heavy atom. The molecule has 0 atom stereocenters. The molecule has 5 heteroatoms. The molecule has 0 saturated heterocycles. The number of hydrogen-bond donors (Lipinski definition) is 0. The summed E-state index contributed by atoms with van der Waals surface area (Å²) in [6.07, 6.45) is 1.44. The lowest BCUT2D eigenvalue weighted by Crippen LogP contribution is -2.33. The fourth-order valence-corrected chi connectivity index (χ4v) is 1.54. The average molecular weight is 217 g/mol. The number of hydrogen-bond acceptors (Lipinski definition) is 4. The van der Waals surface area contributed by atoms with Crippen LogP contribution < -0.4 is 0 Å². The quantitative estimate of drug-likeness (QED) is 0.403. The minimum Gasteiger partial charge on any atom is -0.515 e. The molecule has 0 bridgehead atoms. The van der Waals surface area contributed by atoms with Crippen LogP contribution in [-0.4, -0.2) is 27.1 Å². The molecule has 0 heterocycles. The summed E-state index contributed by atoms with van der Waals surface area (Å²) in [5, 5.41) is 3.66. The highest BCUT2D eigenvalue weighted by molar-refractivity contribution is 6.72. The van der Waals surface area contributed by atoms with Gasteiger partial charge in [0.2, 0.25) is 8.32 Å². The maximum absolute atomic E-state index is 11.5. The normalized spacial score (nSPS) is 12.5. The van der Waals surface area contributed by atoms with Gasteiger partial charge in [0, 0.05) is 6.42 Å². The number of carbonyl (C=O) groups is 1. The largest absolute Gasteiger partial charge is 0.515 e. The second-order valence-corrected chi connectivity index (χ2v) is 8.40. The van der Waals surface area contributed by atoms with Gasteiger partial charge in [-0.15, -0.1) is 0 Å². The van der Waals surface area contributed by atoms with E-state index in [1.807, 2.05) is 26.6 Å². The highest BCUT2D eigenvalue weighted by Gasteiger charge is 2.23. The van der Waals surface area contributed by atoms with Gasteiger partial charge in [0.15, 0.2) is 5.71 Å². The van der Waals surface area contributed by atoms with Gasteiger partial charge in [0.05, 0.1) is 0 Å². The first kappa shape index (κ1) is 13.2. The van der Waals surface area contributed by atoms with Crippen molar-refractivity contribution in [3.05, 3.63) is 0 Å². The van der Waals surface area contributed by atoms with Gasteiger partial charge in [0.1, 0.15) is 7.11 Å². The van der Waals surface area contributed by atoms with Crippen molar-refractivity contribution in [2.24, 2.45) is 5.16 Å². The number of rotatable bonds is 5. The second-order valence-electron chi connectivity index (χ2n) is 3.97. The van der Waals surface area contributed by atoms with E-state index >= 15 is 0 Å². The topological polar surface area (TPSA) is 47.9 Å². The number of carbonyl (C=O) groups excluding carboxylic acids is 1. The Labute approximate surface area is 86.4 Å². The summed E-state index contributed by atoms with van der Waals surface area (Å²) in [4.78, 5) is 16.1. The van der Waals surface area contributed by atoms with Gasteiger partial charge >= 0.3 is 5.97 Å². The minimum absolute atomic E-state index is 0.340. The van der Waals surface area contributed by atoms with Crippen LogP contribution in [0.25, 0.3) is 0 Å². The van der Waals surface area contributed by atoms with Gasteiger partial charge in [0.25, 0.3) is 0 Å². The van der Waals surface area contributed by atoms with Crippen LogP contribution in [0.2, 0.25) is 19.6 Å². The molecule has 14 heavy (non-hydrogen) atoms. The molecule has 0 unspecified atom stereocenters. The summed E-state index contributed by atoms with van der Waals surface area (Å²) in [6, 6.07) is 0. The lowest BCUT2D eigenvalue weighted by molar-refractivity contribution is -0.128. The molecule has 0 amide bonds. The molecule has 0 N–H and O–H groups in total. The lowest BCUT2D eigenvalue weighted by Gasteiger charge is -2.17. The van der Waals surface area contributed by atoms with E-state index in [1.165, 1.54) is 7.11 Å². The van der Waals surface area contributed by atoms with Crippen LogP contribution in [0.5, 0.6) is 0 Å². The third-order valence-corrected chi connectivity index (χ3v) is 2.12. The summed E-state index contributed by atoms with van der Waals surface area (Å²) in [6.45, 7) is 7.86. The van der Waals surface area contributed by atoms with Crippen LogP contribution in [0.4, 0.5) is 0 Å². The molecule has 0 fully saturated rings. The fraction of sp³-hybridized carbons (Fsp3) is 0.778. The van der Waals surface area contributed by atoms with Gasteiger partial charge in [-0.2, -0.15) is 0 Å². The van der Waals surface area contributed by atoms with Crippen molar-refractivity contribution >= 4 is 20.0 Å². The lowest BCUT2D eigenvalue weighted by atomic mass is 10.2. The molecular formula is C9H19NO3Si. The SMILES string of the molecule is CCC/C(=N/OC)C(=O)O[Si](C)(C)C. The summed E-state index contributed by atoms with van der Waals surface area (Å²) in [7, 11) is -0.399. The molecule has 0 rings (SSSR count). The van der Waals surface area contributed by atoms with E-state index in [2.05, 4.69) is 9.99 Å². The predicted molar refractivity (Wildman–Crippen MR) is 58.8 cm³/mol. The third kappa shape index (κ3) is 5.74. The first-order valence-electron chi connectivity index (χ1n) is 4.74.